The highest BCUT2D eigenvalue weighted by molar-refractivity contribution is 6.29. The van der Waals surface area contributed by atoms with Crippen molar-refractivity contribution >= 4 is 11.6 Å². The van der Waals surface area contributed by atoms with E-state index in [0.29, 0.717) is 5.92 Å². The minimum absolute atomic E-state index is 0.251. The van der Waals surface area contributed by atoms with Gasteiger partial charge in [0.2, 0.25) is 0 Å². The molecule has 1 heterocycles. The number of allylic oxidation sites excluding steroid dienone is 4. The quantitative estimate of drug-likeness (QED) is 0.676. The highest BCUT2D eigenvalue weighted by atomic mass is 35.5. The van der Waals surface area contributed by atoms with Gasteiger partial charge in [0.05, 0.1) is 0 Å². The Morgan fingerprint density at radius 3 is 2.43 bits per heavy atom. The first-order valence-corrected chi connectivity index (χ1v) is 12.3. The molecule has 4 heteroatoms. The van der Waals surface area contributed by atoms with Crippen molar-refractivity contribution in [2.24, 2.45) is 17.1 Å². The van der Waals surface area contributed by atoms with E-state index >= 15 is 0 Å². The molecule has 1 unspecified atom stereocenters. The van der Waals surface area contributed by atoms with Crippen LogP contribution in [0.2, 0.25) is 0 Å². The maximum atomic E-state index is 6.34. The molecule has 3 nitrogen and oxygen atoms in total. The third-order valence-corrected chi connectivity index (χ3v) is 8.17. The smallest absolute Gasteiger partial charge is 0.0186 e. The Balaban J connectivity index is 1.20. The van der Waals surface area contributed by atoms with Crippen molar-refractivity contribution < 1.29 is 0 Å². The lowest BCUT2D eigenvalue weighted by atomic mass is 9.63. The number of nitrogens with two attached hydrogens (primary N) is 1. The summed E-state index contributed by atoms with van der Waals surface area (Å²) in [6, 6.07) is 11.6. The van der Waals surface area contributed by atoms with Gasteiger partial charge in [-0.05, 0) is 81.0 Å². The summed E-state index contributed by atoms with van der Waals surface area (Å²) in [7, 11) is 0. The highest BCUT2D eigenvalue weighted by Crippen LogP contribution is 2.47. The molecule has 2 fully saturated rings. The lowest BCUT2D eigenvalue weighted by Crippen LogP contribution is -2.53. The number of hydrogen-bond donors (Lipinski definition) is 1. The van der Waals surface area contributed by atoms with Crippen LogP contribution in [0.15, 0.2) is 53.6 Å². The topological polar surface area (TPSA) is 32.5 Å². The summed E-state index contributed by atoms with van der Waals surface area (Å²) in [6.07, 6.45) is 15.0. The Labute approximate surface area is 187 Å². The van der Waals surface area contributed by atoms with Crippen LogP contribution >= 0.6 is 11.6 Å². The van der Waals surface area contributed by atoms with E-state index < -0.39 is 0 Å². The zero-order valence-electron chi connectivity index (χ0n) is 18.3. The van der Waals surface area contributed by atoms with Crippen molar-refractivity contribution in [1.82, 2.24) is 9.80 Å². The van der Waals surface area contributed by atoms with Gasteiger partial charge in [0.15, 0.2) is 0 Å². The fourth-order valence-electron chi connectivity index (χ4n) is 5.83. The van der Waals surface area contributed by atoms with Gasteiger partial charge < -0.3 is 10.6 Å². The maximum absolute atomic E-state index is 6.34. The van der Waals surface area contributed by atoms with Crippen LogP contribution < -0.4 is 5.73 Å². The second-order valence-electron chi connectivity index (χ2n) is 9.57. The van der Waals surface area contributed by atoms with Crippen molar-refractivity contribution in [3.05, 3.63) is 59.2 Å². The lowest BCUT2D eigenvalue weighted by Gasteiger charge is -2.48. The summed E-state index contributed by atoms with van der Waals surface area (Å²) < 4.78 is 0. The predicted molar refractivity (Wildman–Crippen MR) is 128 cm³/mol. The van der Waals surface area contributed by atoms with E-state index in [-0.39, 0.29) is 5.41 Å². The van der Waals surface area contributed by atoms with E-state index in [9.17, 15) is 0 Å². The van der Waals surface area contributed by atoms with Crippen molar-refractivity contribution in [2.45, 2.75) is 51.0 Å². The monoisotopic (exact) mass is 427 g/mol. The molecule has 3 aliphatic rings. The molecule has 0 bridgehead atoms. The lowest BCUT2D eigenvalue weighted by molar-refractivity contribution is 0.0356. The van der Waals surface area contributed by atoms with Crippen molar-refractivity contribution in [3.63, 3.8) is 0 Å². The van der Waals surface area contributed by atoms with Gasteiger partial charge in [-0.2, -0.15) is 0 Å². The van der Waals surface area contributed by atoms with E-state index in [1.54, 1.807) is 0 Å². The largest absolute Gasteiger partial charge is 0.330 e. The van der Waals surface area contributed by atoms with Gasteiger partial charge in [0.25, 0.3) is 0 Å². The third-order valence-electron chi connectivity index (χ3n) is 7.89. The van der Waals surface area contributed by atoms with Gasteiger partial charge in [-0.25, -0.2) is 0 Å². The molecule has 1 atom stereocenters. The van der Waals surface area contributed by atoms with Gasteiger partial charge in [0.1, 0.15) is 0 Å². The van der Waals surface area contributed by atoms with E-state index in [1.165, 1.54) is 76.8 Å². The predicted octanol–water partition coefficient (Wildman–Crippen LogP) is 4.82. The highest BCUT2D eigenvalue weighted by Gasteiger charge is 2.41. The van der Waals surface area contributed by atoms with Crippen molar-refractivity contribution in [3.8, 4) is 0 Å². The van der Waals surface area contributed by atoms with Gasteiger partial charge in [-0.3, -0.25) is 4.90 Å². The summed E-state index contributed by atoms with van der Waals surface area (Å²) in [5, 5.41) is 0.987. The molecule has 1 aromatic carbocycles. The van der Waals surface area contributed by atoms with Crippen LogP contribution in [0.4, 0.5) is 0 Å². The Morgan fingerprint density at radius 2 is 1.77 bits per heavy atom. The summed E-state index contributed by atoms with van der Waals surface area (Å²) in [5.41, 5.74) is 8.04. The minimum atomic E-state index is 0.251. The summed E-state index contributed by atoms with van der Waals surface area (Å²) >= 11 is 6.34. The number of rotatable bonds is 7. The minimum Gasteiger partial charge on any atom is -0.330 e. The number of aryl methyl sites for hydroxylation is 1. The van der Waals surface area contributed by atoms with Gasteiger partial charge in [-0.1, -0.05) is 54.1 Å². The van der Waals surface area contributed by atoms with Crippen molar-refractivity contribution in [2.75, 3.05) is 39.3 Å². The Hall–Kier alpha value is -1.13. The van der Waals surface area contributed by atoms with Crippen LogP contribution in [-0.2, 0) is 6.42 Å². The number of benzene rings is 1. The fourth-order valence-corrected chi connectivity index (χ4v) is 6.07. The standard InChI is InChI=1S/C26H38ClN3/c27-24-10-4-9-23(20-24)26(21-28)13-11-25(12-14-26)30-18-16-29(17-19-30)15-5-8-22-6-2-1-3-7-22/h1-4,6-7,9-10,23,25H,5,8,11-21,28H2. The molecule has 0 spiro atoms. The summed E-state index contributed by atoms with van der Waals surface area (Å²) in [5.74, 6) is 0.516. The van der Waals surface area contributed by atoms with Gasteiger partial charge >= 0.3 is 0 Å². The molecule has 1 saturated carbocycles. The van der Waals surface area contributed by atoms with Crippen LogP contribution in [-0.4, -0.2) is 55.1 Å². The zero-order chi connectivity index (χ0) is 20.8. The van der Waals surface area contributed by atoms with Crippen LogP contribution in [0.25, 0.3) is 0 Å². The number of halogens is 1. The molecule has 2 N–H and O–H groups in total. The van der Waals surface area contributed by atoms with E-state index in [0.717, 1.165) is 24.0 Å². The summed E-state index contributed by atoms with van der Waals surface area (Å²) in [6.45, 7) is 6.91. The molecule has 4 rings (SSSR count). The van der Waals surface area contributed by atoms with Crippen LogP contribution in [0.3, 0.4) is 0 Å². The normalized spacial score (nSPS) is 30.9. The number of piperazine rings is 1. The first kappa shape index (κ1) is 22.1. The Kier molecular flexibility index (Phi) is 7.69. The Morgan fingerprint density at radius 1 is 1.03 bits per heavy atom. The number of hydrogen-bond acceptors (Lipinski definition) is 3. The second kappa shape index (κ2) is 10.5. The second-order valence-corrected chi connectivity index (χ2v) is 10.1. The molecule has 1 aliphatic heterocycles. The molecule has 1 aromatic rings. The van der Waals surface area contributed by atoms with E-state index in [1.807, 2.05) is 6.08 Å². The molecule has 0 aromatic heterocycles. The number of nitrogens with zero attached hydrogens (tertiary/aromatic N) is 2. The van der Waals surface area contributed by atoms with Gasteiger partial charge in [-0.15, -0.1) is 0 Å². The molecule has 2 aliphatic carbocycles. The van der Waals surface area contributed by atoms with E-state index in [2.05, 4.69) is 52.3 Å². The van der Waals surface area contributed by atoms with Crippen LogP contribution in [0, 0.1) is 11.3 Å². The fraction of sp³-hybridized carbons (Fsp3) is 0.615. The molecule has 164 valence electrons. The molecule has 0 amide bonds. The molecule has 30 heavy (non-hydrogen) atoms. The van der Waals surface area contributed by atoms with Crippen molar-refractivity contribution in [1.29, 1.82) is 0 Å². The third kappa shape index (κ3) is 5.37. The first-order chi connectivity index (χ1) is 14.7. The zero-order valence-corrected chi connectivity index (χ0v) is 19.1. The average Bonchev–Trinajstić information content (AvgIpc) is 2.80. The first-order valence-electron chi connectivity index (χ1n) is 11.9. The van der Waals surface area contributed by atoms with Crippen LogP contribution in [0.1, 0.15) is 44.1 Å². The maximum Gasteiger partial charge on any atom is 0.0186 e. The van der Waals surface area contributed by atoms with Crippen LogP contribution in [0.5, 0.6) is 0 Å². The SMILES string of the molecule is NCC1(C2C=CC=C(Cl)C2)CCC(N2CCN(CCCc3ccccc3)CC2)CC1. The van der Waals surface area contributed by atoms with E-state index in [4.69, 9.17) is 17.3 Å². The van der Waals surface area contributed by atoms with Gasteiger partial charge in [0, 0.05) is 37.3 Å². The Bertz CT molecular complexity index is 713. The molecular formula is C26H38ClN3. The molecule has 1 saturated heterocycles. The summed E-state index contributed by atoms with van der Waals surface area (Å²) in [4.78, 5) is 5.42. The molecular weight excluding hydrogens is 390 g/mol. The average molecular weight is 428 g/mol. The molecule has 0 radical (unpaired) electrons.